The Labute approximate surface area is 147 Å². The lowest BCUT2D eigenvalue weighted by Gasteiger charge is -2.35. The summed E-state index contributed by atoms with van der Waals surface area (Å²) in [4.78, 5) is 4.86. The van der Waals surface area contributed by atoms with Gasteiger partial charge in [-0.15, -0.1) is 5.10 Å². The quantitative estimate of drug-likeness (QED) is 0.715. The van der Waals surface area contributed by atoms with E-state index in [1.165, 1.54) is 11.3 Å². The second-order valence-corrected chi connectivity index (χ2v) is 6.34. The molecule has 1 fully saturated rings. The predicted molar refractivity (Wildman–Crippen MR) is 97.3 cm³/mol. The normalized spacial score (nSPS) is 15.4. The molecule has 4 rings (SSSR count). The molecule has 0 radical (unpaired) electrons. The van der Waals surface area contributed by atoms with Crippen LogP contribution in [0.5, 0.6) is 0 Å². The van der Waals surface area contributed by atoms with Crippen LogP contribution in [0.15, 0.2) is 60.7 Å². The van der Waals surface area contributed by atoms with Crippen LogP contribution >= 0.6 is 0 Å². The minimum Gasteiger partial charge on any atom is -0.369 e. The minimum atomic E-state index is 0.715. The Bertz CT molecular complexity index is 778. The molecule has 0 N–H and O–H groups in total. The molecule has 3 aromatic rings. The number of hydrogen-bond donors (Lipinski definition) is 0. The molecule has 1 saturated heterocycles. The predicted octanol–water partition coefficient (Wildman–Crippen LogP) is 2.04. The first-order valence-corrected chi connectivity index (χ1v) is 8.70. The Hall–Kier alpha value is -2.73. The van der Waals surface area contributed by atoms with E-state index in [0.29, 0.717) is 6.54 Å². The molecule has 6 nitrogen and oxygen atoms in total. The molecule has 0 aliphatic carbocycles. The Kier molecular flexibility index (Phi) is 4.70. The number of piperazine rings is 1. The van der Waals surface area contributed by atoms with Crippen LogP contribution in [0.25, 0.3) is 0 Å². The summed E-state index contributed by atoms with van der Waals surface area (Å²) in [5.74, 6) is 0.928. The Morgan fingerprint density at radius 3 is 2.16 bits per heavy atom. The lowest BCUT2D eigenvalue weighted by molar-refractivity contribution is 0.240. The van der Waals surface area contributed by atoms with E-state index in [1.807, 2.05) is 22.9 Å². The highest BCUT2D eigenvalue weighted by Crippen LogP contribution is 2.16. The van der Waals surface area contributed by atoms with Gasteiger partial charge in [-0.05, 0) is 28.1 Å². The second kappa shape index (κ2) is 7.44. The van der Waals surface area contributed by atoms with Gasteiger partial charge in [-0.2, -0.15) is 0 Å². The van der Waals surface area contributed by atoms with Crippen molar-refractivity contribution in [2.24, 2.45) is 0 Å². The van der Waals surface area contributed by atoms with E-state index >= 15 is 0 Å². The zero-order chi connectivity index (χ0) is 16.9. The fourth-order valence-electron chi connectivity index (χ4n) is 3.22. The van der Waals surface area contributed by atoms with Crippen molar-refractivity contribution in [1.29, 1.82) is 0 Å². The van der Waals surface area contributed by atoms with E-state index in [9.17, 15) is 0 Å². The zero-order valence-corrected chi connectivity index (χ0v) is 14.2. The van der Waals surface area contributed by atoms with E-state index < -0.39 is 0 Å². The van der Waals surface area contributed by atoms with Crippen molar-refractivity contribution in [3.63, 3.8) is 0 Å². The first-order valence-electron chi connectivity index (χ1n) is 8.70. The third-order valence-corrected chi connectivity index (χ3v) is 4.64. The van der Waals surface area contributed by atoms with Crippen LogP contribution in [0.3, 0.4) is 0 Å². The number of rotatable bonds is 5. The summed E-state index contributed by atoms with van der Waals surface area (Å²) < 4.78 is 1.90. The molecule has 6 heteroatoms. The monoisotopic (exact) mass is 334 g/mol. The topological polar surface area (TPSA) is 50.1 Å². The highest BCUT2D eigenvalue weighted by atomic mass is 15.5. The summed E-state index contributed by atoms with van der Waals surface area (Å²) in [7, 11) is 0. The van der Waals surface area contributed by atoms with Crippen molar-refractivity contribution < 1.29 is 0 Å². The molecule has 1 aliphatic heterocycles. The number of nitrogens with zero attached hydrogens (tertiary/aromatic N) is 6. The molecule has 2 aromatic carbocycles. The maximum atomic E-state index is 4.23. The van der Waals surface area contributed by atoms with Crippen molar-refractivity contribution in [2.75, 3.05) is 31.1 Å². The van der Waals surface area contributed by atoms with E-state index in [0.717, 1.165) is 38.5 Å². The largest absolute Gasteiger partial charge is 0.369 e. The number of benzene rings is 2. The molecule has 0 saturated carbocycles. The number of hydrogen-bond acceptors (Lipinski definition) is 5. The molecular formula is C19H22N6. The Morgan fingerprint density at radius 2 is 1.44 bits per heavy atom. The summed E-state index contributed by atoms with van der Waals surface area (Å²) in [6.07, 6.45) is 0. The number of anilines is 1. The SMILES string of the molecule is c1ccc(Cn2nnnc2CN2CCN(c3ccccc3)CC2)cc1. The van der Waals surface area contributed by atoms with Crippen molar-refractivity contribution in [1.82, 2.24) is 25.1 Å². The second-order valence-electron chi connectivity index (χ2n) is 6.34. The van der Waals surface area contributed by atoms with Gasteiger partial charge >= 0.3 is 0 Å². The molecule has 1 aromatic heterocycles. The van der Waals surface area contributed by atoms with Crippen LogP contribution in [0.4, 0.5) is 5.69 Å². The minimum absolute atomic E-state index is 0.715. The maximum Gasteiger partial charge on any atom is 0.165 e. The van der Waals surface area contributed by atoms with E-state index in [4.69, 9.17) is 0 Å². The first kappa shape index (κ1) is 15.8. The van der Waals surface area contributed by atoms with Crippen LogP contribution in [-0.2, 0) is 13.1 Å². The number of para-hydroxylation sites is 1. The van der Waals surface area contributed by atoms with Gasteiger partial charge in [0.05, 0.1) is 13.1 Å². The number of aromatic nitrogens is 4. The number of tetrazole rings is 1. The molecule has 0 atom stereocenters. The van der Waals surface area contributed by atoms with Crippen LogP contribution in [0, 0.1) is 0 Å². The third kappa shape index (κ3) is 3.85. The van der Waals surface area contributed by atoms with Crippen molar-refractivity contribution >= 4 is 5.69 Å². The standard InChI is InChI=1S/C19H22N6/c1-3-7-17(8-4-1)15-25-19(20-21-22-25)16-23-11-13-24(14-12-23)18-9-5-2-6-10-18/h1-10H,11-16H2. The van der Waals surface area contributed by atoms with Gasteiger partial charge in [-0.3, -0.25) is 4.90 Å². The smallest absolute Gasteiger partial charge is 0.165 e. The van der Waals surface area contributed by atoms with Crippen LogP contribution in [0.1, 0.15) is 11.4 Å². The molecule has 0 unspecified atom stereocenters. The molecule has 1 aliphatic rings. The van der Waals surface area contributed by atoms with Crippen molar-refractivity contribution in [2.45, 2.75) is 13.1 Å². The maximum absolute atomic E-state index is 4.23. The highest BCUT2D eigenvalue weighted by Gasteiger charge is 2.19. The van der Waals surface area contributed by atoms with Gasteiger partial charge in [0.1, 0.15) is 0 Å². The van der Waals surface area contributed by atoms with Gasteiger partial charge in [0.2, 0.25) is 0 Å². The summed E-state index contributed by atoms with van der Waals surface area (Å²) in [5, 5.41) is 12.3. The van der Waals surface area contributed by atoms with Gasteiger partial charge in [-0.25, -0.2) is 4.68 Å². The molecule has 128 valence electrons. The zero-order valence-electron chi connectivity index (χ0n) is 14.2. The van der Waals surface area contributed by atoms with Crippen LogP contribution in [0.2, 0.25) is 0 Å². The van der Waals surface area contributed by atoms with Crippen LogP contribution in [-0.4, -0.2) is 51.3 Å². The molecule has 0 amide bonds. The summed E-state index contributed by atoms with van der Waals surface area (Å²) in [5.41, 5.74) is 2.51. The Morgan fingerprint density at radius 1 is 0.760 bits per heavy atom. The van der Waals surface area contributed by atoms with E-state index in [2.05, 4.69) is 67.8 Å². The Balaban J connectivity index is 1.36. The lowest BCUT2D eigenvalue weighted by Crippen LogP contribution is -2.46. The van der Waals surface area contributed by atoms with Gasteiger partial charge in [-0.1, -0.05) is 48.5 Å². The molecule has 0 spiro atoms. The fraction of sp³-hybridized carbons (Fsp3) is 0.316. The molecule has 2 heterocycles. The molecule has 0 bridgehead atoms. The first-order chi connectivity index (χ1) is 12.4. The lowest BCUT2D eigenvalue weighted by atomic mass is 10.2. The molecule has 25 heavy (non-hydrogen) atoms. The molecular weight excluding hydrogens is 312 g/mol. The van der Waals surface area contributed by atoms with E-state index in [-0.39, 0.29) is 0 Å². The average Bonchev–Trinajstić information content (AvgIpc) is 3.10. The fourth-order valence-corrected chi connectivity index (χ4v) is 3.22. The summed E-state index contributed by atoms with van der Waals surface area (Å²) in [6, 6.07) is 20.9. The van der Waals surface area contributed by atoms with Crippen molar-refractivity contribution in [3.8, 4) is 0 Å². The van der Waals surface area contributed by atoms with Crippen LogP contribution < -0.4 is 4.90 Å². The van der Waals surface area contributed by atoms with Gasteiger partial charge in [0.25, 0.3) is 0 Å². The third-order valence-electron chi connectivity index (χ3n) is 4.64. The van der Waals surface area contributed by atoms with Gasteiger partial charge < -0.3 is 4.90 Å². The van der Waals surface area contributed by atoms with Gasteiger partial charge in [0, 0.05) is 31.9 Å². The van der Waals surface area contributed by atoms with E-state index in [1.54, 1.807) is 0 Å². The highest BCUT2D eigenvalue weighted by molar-refractivity contribution is 5.46. The summed E-state index contributed by atoms with van der Waals surface area (Å²) >= 11 is 0. The average molecular weight is 334 g/mol. The van der Waals surface area contributed by atoms with Gasteiger partial charge in [0.15, 0.2) is 5.82 Å². The summed E-state index contributed by atoms with van der Waals surface area (Å²) in [6.45, 7) is 5.62. The van der Waals surface area contributed by atoms with Crippen molar-refractivity contribution in [3.05, 3.63) is 72.1 Å².